The molecule has 0 bridgehead atoms. The molecule has 0 saturated carbocycles. The number of hydrogen-bond acceptors (Lipinski definition) is 4. The number of nitrogens with one attached hydrogen (secondary N) is 2. The monoisotopic (exact) mass is 230 g/mol. The Hall–Kier alpha value is -0.650. The van der Waals surface area contributed by atoms with Crippen LogP contribution in [0.2, 0.25) is 0 Å². The van der Waals surface area contributed by atoms with Crippen LogP contribution in [-0.2, 0) is 14.3 Å². The molecule has 1 fully saturated rings. The fraction of sp³-hybridized carbons (Fsp3) is 0.909. The summed E-state index contributed by atoms with van der Waals surface area (Å²) >= 11 is 0. The van der Waals surface area contributed by atoms with Crippen molar-refractivity contribution in [3.63, 3.8) is 0 Å². The van der Waals surface area contributed by atoms with Gasteiger partial charge in [-0.3, -0.25) is 4.79 Å². The number of hydrogen-bond donors (Lipinski definition) is 2. The van der Waals surface area contributed by atoms with Crippen LogP contribution in [0.5, 0.6) is 0 Å². The second kappa shape index (κ2) is 8.50. The molecule has 1 aliphatic rings. The Labute approximate surface area is 96.9 Å². The van der Waals surface area contributed by atoms with E-state index in [9.17, 15) is 4.79 Å². The minimum atomic E-state index is 0.0580. The first-order valence-corrected chi connectivity index (χ1v) is 5.87. The first-order valence-electron chi connectivity index (χ1n) is 5.87. The van der Waals surface area contributed by atoms with E-state index in [1.807, 2.05) is 0 Å². The van der Waals surface area contributed by atoms with Gasteiger partial charge in [-0.05, 0) is 18.8 Å². The maximum atomic E-state index is 11.4. The molecule has 94 valence electrons. The molecule has 0 aliphatic carbocycles. The fourth-order valence-electron chi connectivity index (χ4n) is 1.65. The molecule has 0 radical (unpaired) electrons. The molecule has 0 unspecified atom stereocenters. The van der Waals surface area contributed by atoms with Gasteiger partial charge in [0.1, 0.15) is 0 Å². The van der Waals surface area contributed by atoms with Gasteiger partial charge >= 0.3 is 0 Å². The minimum Gasteiger partial charge on any atom is -0.383 e. The molecule has 5 heteroatoms. The summed E-state index contributed by atoms with van der Waals surface area (Å²) in [5, 5.41) is 5.94. The third-order valence-corrected chi connectivity index (χ3v) is 2.70. The molecule has 16 heavy (non-hydrogen) atoms. The zero-order valence-corrected chi connectivity index (χ0v) is 9.96. The SMILES string of the molecule is COCCNCC(=O)NCC1CCOCC1. The summed E-state index contributed by atoms with van der Waals surface area (Å²) < 4.78 is 10.1. The smallest absolute Gasteiger partial charge is 0.233 e. The van der Waals surface area contributed by atoms with E-state index < -0.39 is 0 Å². The first-order chi connectivity index (χ1) is 7.83. The number of ether oxygens (including phenoxy) is 2. The van der Waals surface area contributed by atoms with Crippen LogP contribution >= 0.6 is 0 Å². The summed E-state index contributed by atoms with van der Waals surface area (Å²) in [4.78, 5) is 11.4. The molecule has 0 spiro atoms. The zero-order valence-electron chi connectivity index (χ0n) is 9.96. The highest BCUT2D eigenvalue weighted by atomic mass is 16.5. The van der Waals surface area contributed by atoms with Crippen LogP contribution in [0.25, 0.3) is 0 Å². The van der Waals surface area contributed by atoms with E-state index in [2.05, 4.69) is 10.6 Å². The van der Waals surface area contributed by atoms with E-state index >= 15 is 0 Å². The van der Waals surface area contributed by atoms with Crippen LogP contribution in [0.1, 0.15) is 12.8 Å². The number of carbonyl (C=O) groups excluding carboxylic acids is 1. The van der Waals surface area contributed by atoms with Gasteiger partial charge in [-0.2, -0.15) is 0 Å². The highest BCUT2D eigenvalue weighted by Crippen LogP contribution is 2.12. The van der Waals surface area contributed by atoms with Gasteiger partial charge in [-0.1, -0.05) is 0 Å². The van der Waals surface area contributed by atoms with Crippen molar-refractivity contribution in [3.05, 3.63) is 0 Å². The minimum absolute atomic E-state index is 0.0580. The third-order valence-electron chi connectivity index (χ3n) is 2.70. The zero-order chi connectivity index (χ0) is 11.6. The molecule has 1 saturated heterocycles. The van der Waals surface area contributed by atoms with Crippen molar-refractivity contribution in [1.29, 1.82) is 0 Å². The Bertz CT molecular complexity index is 194. The predicted molar refractivity (Wildman–Crippen MR) is 61.3 cm³/mol. The average Bonchev–Trinajstić information content (AvgIpc) is 2.33. The molecule has 1 amide bonds. The maximum absolute atomic E-state index is 11.4. The van der Waals surface area contributed by atoms with Crippen LogP contribution in [0.3, 0.4) is 0 Å². The molecular formula is C11H22N2O3. The van der Waals surface area contributed by atoms with Gasteiger partial charge in [0.05, 0.1) is 13.2 Å². The van der Waals surface area contributed by atoms with Gasteiger partial charge in [-0.15, -0.1) is 0 Å². The molecule has 1 heterocycles. The lowest BCUT2D eigenvalue weighted by molar-refractivity contribution is -0.120. The topological polar surface area (TPSA) is 59.6 Å². The lowest BCUT2D eigenvalue weighted by Gasteiger charge is -2.22. The summed E-state index contributed by atoms with van der Waals surface area (Å²) in [5.74, 6) is 0.638. The Morgan fingerprint density at radius 3 is 2.88 bits per heavy atom. The highest BCUT2D eigenvalue weighted by Gasteiger charge is 2.14. The molecule has 1 rings (SSSR count). The highest BCUT2D eigenvalue weighted by molar-refractivity contribution is 5.77. The Morgan fingerprint density at radius 1 is 1.44 bits per heavy atom. The number of rotatable bonds is 7. The van der Waals surface area contributed by atoms with Crippen molar-refractivity contribution in [1.82, 2.24) is 10.6 Å². The maximum Gasteiger partial charge on any atom is 0.233 e. The van der Waals surface area contributed by atoms with E-state index in [-0.39, 0.29) is 5.91 Å². The van der Waals surface area contributed by atoms with E-state index in [0.717, 1.165) is 32.6 Å². The van der Waals surface area contributed by atoms with Crippen LogP contribution in [0, 0.1) is 5.92 Å². The molecule has 0 aromatic heterocycles. The van der Waals surface area contributed by atoms with E-state index in [1.165, 1.54) is 0 Å². The molecule has 5 nitrogen and oxygen atoms in total. The lowest BCUT2D eigenvalue weighted by Crippen LogP contribution is -2.38. The van der Waals surface area contributed by atoms with Crippen molar-refractivity contribution in [2.24, 2.45) is 5.92 Å². The predicted octanol–water partition coefficient (Wildman–Crippen LogP) is -0.235. The Morgan fingerprint density at radius 2 is 2.19 bits per heavy atom. The average molecular weight is 230 g/mol. The number of carbonyl (C=O) groups is 1. The second-order valence-corrected chi connectivity index (χ2v) is 4.03. The van der Waals surface area contributed by atoms with Crippen molar-refractivity contribution in [2.75, 3.05) is 46.6 Å². The van der Waals surface area contributed by atoms with E-state index in [1.54, 1.807) is 7.11 Å². The summed E-state index contributed by atoms with van der Waals surface area (Å²) in [6.07, 6.45) is 2.11. The molecule has 0 aromatic rings. The largest absolute Gasteiger partial charge is 0.383 e. The quantitative estimate of drug-likeness (QED) is 0.593. The third kappa shape index (κ3) is 6.05. The molecule has 2 N–H and O–H groups in total. The molecule has 0 atom stereocenters. The van der Waals surface area contributed by atoms with Gasteiger partial charge in [0.2, 0.25) is 5.91 Å². The van der Waals surface area contributed by atoms with Gasteiger partial charge in [0.25, 0.3) is 0 Å². The molecular weight excluding hydrogens is 208 g/mol. The standard InChI is InChI=1S/C11H22N2O3/c1-15-7-4-12-9-11(14)13-8-10-2-5-16-6-3-10/h10,12H,2-9H2,1H3,(H,13,14). The van der Waals surface area contributed by atoms with Crippen LogP contribution < -0.4 is 10.6 Å². The first kappa shape index (κ1) is 13.4. The van der Waals surface area contributed by atoms with Gasteiger partial charge in [0.15, 0.2) is 0 Å². The second-order valence-electron chi connectivity index (χ2n) is 4.03. The van der Waals surface area contributed by atoms with Gasteiger partial charge in [0, 0.05) is 33.4 Å². The van der Waals surface area contributed by atoms with E-state index in [0.29, 0.717) is 25.6 Å². The number of amides is 1. The van der Waals surface area contributed by atoms with Crippen molar-refractivity contribution < 1.29 is 14.3 Å². The number of methoxy groups -OCH3 is 1. The Balaban J connectivity index is 1.96. The molecule has 1 aliphatic heterocycles. The van der Waals surface area contributed by atoms with E-state index in [4.69, 9.17) is 9.47 Å². The normalized spacial score (nSPS) is 17.3. The summed E-state index contributed by atoms with van der Waals surface area (Å²) in [5.41, 5.74) is 0. The summed E-state index contributed by atoms with van der Waals surface area (Å²) in [6.45, 7) is 4.13. The van der Waals surface area contributed by atoms with Gasteiger partial charge in [-0.25, -0.2) is 0 Å². The van der Waals surface area contributed by atoms with Crippen molar-refractivity contribution >= 4 is 5.91 Å². The van der Waals surface area contributed by atoms with Gasteiger partial charge < -0.3 is 20.1 Å². The van der Waals surface area contributed by atoms with Crippen LogP contribution in [-0.4, -0.2) is 52.5 Å². The van der Waals surface area contributed by atoms with Crippen molar-refractivity contribution in [3.8, 4) is 0 Å². The van der Waals surface area contributed by atoms with Crippen molar-refractivity contribution in [2.45, 2.75) is 12.8 Å². The molecule has 0 aromatic carbocycles. The lowest BCUT2D eigenvalue weighted by atomic mass is 10.0. The summed E-state index contributed by atoms with van der Waals surface area (Å²) in [6, 6.07) is 0. The van der Waals surface area contributed by atoms with Crippen LogP contribution in [0.15, 0.2) is 0 Å². The fourth-order valence-corrected chi connectivity index (χ4v) is 1.65. The summed E-state index contributed by atoms with van der Waals surface area (Å²) in [7, 11) is 1.65. The van der Waals surface area contributed by atoms with Crippen LogP contribution in [0.4, 0.5) is 0 Å². The Kier molecular flexibility index (Phi) is 7.12.